The molecule has 2 saturated carbocycles. The molecular weight excluding hydrogens is 380 g/mol. The Labute approximate surface area is 191 Å². The van der Waals surface area contributed by atoms with Gasteiger partial charge in [-0.1, -0.05) is 71.4 Å². The molecule has 0 bridgehead atoms. The molecular formula is C29H46O2. The maximum atomic E-state index is 10.4. The lowest BCUT2D eigenvalue weighted by atomic mass is 9.49. The molecule has 2 fully saturated rings. The summed E-state index contributed by atoms with van der Waals surface area (Å²) in [6, 6.07) is 0. The van der Waals surface area contributed by atoms with Crippen LogP contribution in [0.1, 0.15) is 86.5 Å². The molecule has 4 aliphatic rings. The Hall–Kier alpha value is -0.860. The van der Waals surface area contributed by atoms with Gasteiger partial charge in [-0.2, -0.15) is 0 Å². The molecule has 4 aliphatic carbocycles. The van der Waals surface area contributed by atoms with E-state index in [9.17, 15) is 5.11 Å². The van der Waals surface area contributed by atoms with E-state index >= 15 is 0 Å². The average molecular weight is 427 g/mol. The van der Waals surface area contributed by atoms with E-state index in [2.05, 4.69) is 65.8 Å². The maximum absolute atomic E-state index is 10.4. The van der Waals surface area contributed by atoms with Gasteiger partial charge in [-0.3, -0.25) is 0 Å². The van der Waals surface area contributed by atoms with Crippen LogP contribution in [0.5, 0.6) is 0 Å². The summed E-state index contributed by atoms with van der Waals surface area (Å²) >= 11 is 0. The Balaban J connectivity index is 1.67. The van der Waals surface area contributed by atoms with Crippen LogP contribution in [0.25, 0.3) is 0 Å². The minimum absolute atomic E-state index is 0.0930. The molecule has 8 atom stereocenters. The van der Waals surface area contributed by atoms with Gasteiger partial charge in [0.25, 0.3) is 0 Å². The van der Waals surface area contributed by atoms with Gasteiger partial charge < -0.3 is 9.84 Å². The van der Waals surface area contributed by atoms with Crippen LogP contribution in [-0.4, -0.2) is 23.9 Å². The Morgan fingerprint density at radius 2 is 1.81 bits per heavy atom. The van der Waals surface area contributed by atoms with Crippen molar-refractivity contribution in [3.05, 3.63) is 35.5 Å². The molecule has 0 saturated heterocycles. The van der Waals surface area contributed by atoms with Crippen molar-refractivity contribution >= 4 is 0 Å². The molecule has 174 valence electrons. The zero-order chi connectivity index (χ0) is 22.6. The highest BCUT2D eigenvalue weighted by molar-refractivity contribution is 5.44. The van der Waals surface area contributed by atoms with Crippen molar-refractivity contribution in [3.63, 3.8) is 0 Å². The molecule has 1 N–H and O–H groups in total. The second kappa shape index (κ2) is 8.17. The van der Waals surface area contributed by atoms with Crippen molar-refractivity contribution in [2.75, 3.05) is 7.11 Å². The molecule has 4 rings (SSSR count). The molecule has 2 nitrogen and oxygen atoms in total. The van der Waals surface area contributed by atoms with Crippen LogP contribution in [0.2, 0.25) is 0 Å². The molecule has 0 heterocycles. The second-order valence-corrected chi connectivity index (χ2v) is 12.2. The predicted molar refractivity (Wildman–Crippen MR) is 130 cm³/mol. The van der Waals surface area contributed by atoms with Gasteiger partial charge in [0.1, 0.15) is 0 Å². The number of methoxy groups -OCH3 is 1. The largest absolute Gasteiger partial charge is 0.393 e. The Morgan fingerprint density at radius 3 is 2.48 bits per heavy atom. The lowest BCUT2D eigenvalue weighted by molar-refractivity contribution is -0.151. The summed E-state index contributed by atoms with van der Waals surface area (Å²) in [4.78, 5) is 0. The molecule has 0 aromatic heterocycles. The van der Waals surface area contributed by atoms with Crippen LogP contribution in [0.15, 0.2) is 35.5 Å². The summed E-state index contributed by atoms with van der Waals surface area (Å²) in [6.45, 7) is 14.5. The minimum atomic E-state index is -0.311. The standard InChI is InChI=1S/C29H46O2/c1-19(2)20(3)8-9-21(4)24-10-11-25-23-13-17-29(31-7)18-22(30)12-16-28(29,6)26(23)14-15-27(24,25)5/h8-9,13,17,19-22,24,26,30H,10-12,14-16,18H2,1-7H3/b9-8+/t20-,21-,22+,24-,26+,27-,28-,29-/m1/s1. The van der Waals surface area contributed by atoms with Crippen molar-refractivity contribution in [2.24, 2.45) is 40.4 Å². The van der Waals surface area contributed by atoms with Gasteiger partial charge in [-0.05, 0) is 79.1 Å². The first kappa shape index (κ1) is 23.3. The maximum Gasteiger partial charge on any atom is 0.0945 e. The average Bonchev–Trinajstić information content (AvgIpc) is 3.09. The third-order valence-corrected chi connectivity index (χ3v) is 10.5. The molecule has 0 amide bonds. The smallest absolute Gasteiger partial charge is 0.0945 e. The molecule has 0 aliphatic heterocycles. The lowest BCUT2D eigenvalue weighted by Crippen LogP contribution is -2.58. The van der Waals surface area contributed by atoms with Crippen LogP contribution in [0.4, 0.5) is 0 Å². The summed E-state index contributed by atoms with van der Waals surface area (Å²) in [5, 5.41) is 10.4. The molecule has 0 aromatic rings. The van der Waals surface area contributed by atoms with Gasteiger partial charge in [0.15, 0.2) is 0 Å². The number of hydrogen-bond donors (Lipinski definition) is 1. The van der Waals surface area contributed by atoms with E-state index in [1.165, 1.54) is 25.7 Å². The highest BCUT2D eigenvalue weighted by atomic mass is 16.5. The van der Waals surface area contributed by atoms with E-state index in [1.54, 1.807) is 11.1 Å². The number of ether oxygens (including phenoxy) is 1. The normalized spacial score (nSPS) is 44.4. The summed E-state index contributed by atoms with van der Waals surface area (Å²) in [7, 11) is 1.85. The number of allylic oxidation sites excluding steroid dienone is 5. The van der Waals surface area contributed by atoms with Crippen LogP contribution in [-0.2, 0) is 4.74 Å². The zero-order valence-corrected chi connectivity index (χ0v) is 21.1. The van der Waals surface area contributed by atoms with E-state index in [1.807, 2.05) is 7.11 Å². The highest BCUT2D eigenvalue weighted by Gasteiger charge is 2.60. The third-order valence-electron chi connectivity index (χ3n) is 10.5. The Morgan fingerprint density at radius 1 is 1.06 bits per heavy atom. The quantitative estimate of drug-likeness (QED) is 0.475. The topological polar surface area (TPSA) is 29.5 Å². The van der Waals surface area contributed by atoms with E-state index in [0.29, 0.717) is 29.1 Å². The third kappa shape index (κ3) is 3.52. The summed E-state index contributed by atoms with van der Waals surface area (Å²) in [6.07, 6.45) is 17.3. The summed E-state index contributed by atoms with van der Waals surface area (Å²) in [5.41, 5.74) is 3.50. The Kier molecular flexibility index (Phi) is 6.14. The molecule has 0 unspecified atom stereocenters. The van der Waals surface area contributed by atoms with Crippen LogP contribution >= 0.6 is 0 Å². The number of rotatable bonds is 5. The highest BCUT2D eigenvalue weighted by Crippen LogP contribution is 2.65. The predicted octanol–water partition coefficient (Wildman–Crippen LogP) is 7.10. The van der Waals surface area contributed by atoms with Gasteiger partial charge in [0.2, 0.25) is 0 Å². The first-order valence-corrected chi connectivity index (χ1v) is 12.9. The fourth-order valence-electron chi connectivity index (χ4n) is 7.88. The Bertz CT molecular complexity index is 776. The zero-order valence-electron chi connectivity index (χ0n) is 21.1. The fraction of sp³-hybridized carbons (Fsp3) is 0.793. The van der Waals surface area contributed by atoms with Gasteiger partial charge in [-0.25, -0.2) is 0 Å². The number of fused-ring (bicyclic) bond motifs is 4. The fourth-order valence-corrected chi connectivity index (χ4v) is 7.88. The first-order valence-electron chi connectivity index (χ1n) is 12.9. The number of hydrogen-bond acceptors (Lipinski definition) is 2. The molecule has 31 heavy (non-hydrogen) atoms. The van der Waals surface area contributed by atoms with Crippen LogP contribution < -0.4 is 0 Å². The first-order chi connectivity index (χ1) is 14.6. The van der Waals surface area contributed by atoms with E-state index in [0.717, 1.165) is 25.2 Å². The van der Waals surface area contributed by atoms with Crippen molar-refractivity contribution in [2.45, 2.75) is 98.2 Å². The van der Waals surface area contributed by atoms with Crippen molar-refractivity contribution in [1.82, 2.24) is 0 Å². The van der Waals surface area contributed by atoms with Gasteiger partial charge in [0, 0.05) is 18.9 Å². The summed E-state index contributed by atoms with van der Waals surface area (Å²) < 4.78 is 6.20. The van der Waals surface area contributed by atoms with Gasteiger partial charge in [0.05, 0.1) is 11.7 Å². The minimum Gasteiger partial charge on any atom is -0.393 e. The van der Waals surface area contributed by atoms with Crippen molar-refractivity contribution in [3.8, 4) is 0 Å². The number of aliphatic hydroxyl groups excluding tert-OH is 1. The van der Waals surface area contributed by atoms with Crippen molar-refractivity contribution < 1.29 is 9.84 Å². The van der Waals surface area contributed by atoms with E-state index in [-0.39, 0.29) is 17.1 Å². The lowest BCUT2D eigenvalue weighted by Gasteiger charge is -2.59. The molecule has 0 radical (unpaired) electrons. The van der Waals surface area contributed by atoms with Crippen LogP contribution in [0, 0.1) is 40.4 Å². The van der Waals surface area contributed by atoms with Crippen molar-refractivity contribution in [1.29, 1.82) is 0 Å². The molecule has 0 spiro atoms. The van der Waals surface area contributed by atoms with E-state index < -0.39 is 0 Å². The van der Waals surface area contributed by atoms with E-state index in [4.69, 9.17) is 4.74 Å². The van der Waals surface area contributed by atoms with Crippen LogP contribution in [0.3, 0.4) is 0 Å². The molecule has 2 heteroatoms. The van der Waals surface area contributed by atoms with Gasteiger partial charge >= 0.3 is 0 Å². The SMILES string of the molecule is CO[C@@]12C=CC3=C4CC[C@H]([C@H](C)/C=C/[C@@H](C)C(C)C)[C@@]4(C)CC[C@@H]3[C@@]1(C)CC[C@H](O)C2. The number of aliphatic hydroxyl groups is 1. The summed E-state index contributed by atoms with van der Waals surface area (Å²) in [5.74, 6) is 3.30. The van der Waals surface area contributed by atoms with Gasteiger partial charge in [-0.15, -0.1) is 0 Å². The monoisotopic (exact) mass is 426 g/mol. The second-order valence-electron chi connectivity index (χ2n) is 12.2. The molecule has 0 aromatic carbocycles.